The quantitative estimate of drug-likeness (QED) is 0.821. The van der Waals surface area contributed by atoms with Gasteiger partial charge in [0.05, 0.1) is 16.4 Å². The maximum atomic E-state index is 12.3. The van der Waals surface area contributed by atoms with Gasteiger partial charge < -0.3 is 10.4 Å². The molecule has 5 nitrogen and oxygen atoms in total. The van der Waals surface area contributed by atoms with Crippen molar-refractivity contribution in [3.05, 3.63) is 40.1 Å². The van der Waals surface area contributed by atoms with Crippen LogP contribution in [0.5, 0.6) is 5.75 Å². The van der Waals surface area contributed by atoms with E-state index in [4.69, 9.17) is 11.6 Å². The lowest BCUT2D eigenvalue weighted by Gasteiger charge is -2.16. The van der Waals surface area contributed by atoms with Gasteiger partial charge in [-0.05, 0) is 40.5 Å². The molecular formula is C13H13BrClN3O2. The summed E-state index contributed by atoms with van der Waals surface area (Å²) in [6.45, 7) is 1.89. The molecule has 0 spiro atoms. The smallest absolute Gasteiger partial charge is 0.249 e. The molecule has 7 heteroatoms. The van der Waals surface area contributed by atoms with Crippen LogP contribution in [-0.4, -0.2) is 20.8 Å². The maximum absolute atomic E-state index is 12.3. The first-order valence-electron chi connectivity index (χ1n) is 6.00. The van der Waals surface area contributed by atoms with Crippen LogP contribution in [-0.2, 0) is 4.79 Å². The molecule has 1 unspecified atom stereocenters. The fraction of sp³-hybridized carbons (Fsp3) is 0.231. The van der Waals surface area contributed by atoms with E-state index in [1.807, 2.05) is 6.92 Å². The largest absolute Gasteiger partial charge is 0.506 e. The van der Waals surface area contributed by atoms with Crippen molar-refractivity contribution in [2.24, 2.45) is 0 Å². The summed E-state index contributed by atoms with van der Waals surface area (Å²) in [6.07, 6.45) is 3.92. The van der Waals surface area contributed by atoms with Crippen LogP contribution in [0.25, 0.3) is 0 Å². The molecule has 1 heterocycles. The Morgan fingerprint density at radius 1 is 1.60 bits per heavy atom. The van der Waals surface area contributed by atoms with Crippen LogP contribution in [0.15, 0.2) is 35.1 Å². The van der Waals surface area contributed by atoms with E-state index in [2.05, 4.69) is 26.3 Å². The molecule has 106 valence electrons. The highest BCUT2D eigenvalue weighted by Gasteiger charge is 2.20. The minimum atomic E-state index is -0.459. The predicted molar refractivity (Wildman–Crippen MR) is 81.0 cm³/mol. The number of phenols is 1. The van der Waals surface area contributed by atoms with Crippen LogP contribution in [0.2, 0.25) is 5.02 Å². The highest BCUT2D eigenvalue weighted by molar-refractivity contribution is 9.10. The number of hydrogen-bond acceptors (Lipinski definition) is 3. The SMILES string of the molecule is CCC(C(=O)Nc1cc(Cl)ccc1O)n1cc(Br)cn1. The number of nitrogens with zero attached hydrogens (tertiary/aromatic N) is 2. The Hall–Kier alpha value is -1.53. The minimum Gasteiger partial charge on any atom is -0.506 e. The zero-order chi connectivity index (χ0) is 14.7. The molecule has 1 atom stereocenters. The Kier molecular flexibility index (Phi) is 4.67. The summed E-state index contributed by atoms with van der Waals surface area (Å²) in [5.74, 6) is -0.292. The molecule has 2 rings (SSSR count). The molecule has 1 amide bonds. The minimum absolute atomic E-state index is 0.0285. The zero-order valence-corrected chi connectivity index (χ0v) is 13.0. The Labute approximate surface area is 129 Å². The van der Waals surface area contributed by atoms with Gasteiger partial charge in [0.15, 0.2) is 0 Å². The van der Waals surface area contributed by atoms with Crippen LogP contribution >= 0.6 is 27.5 Å². The first-order chi connectivity index (χ1) is 9.51. The summed E-state index contributed by atoms with van der Waals surface area (Å²) < 4.78 is 2.37. The lowest BCUT2D eigenvalue weighted by molar-refractivity contribution is -0.119. The van der Waals surface area contributed by atoms with Gasteiger partial charge in [0.2, 0.25) is 5.91 Å². The van der Waals surface area contributed by atoms with Gasteiger partial charge in [0.1, 0.15) is 11.8 Å². The normalized spacial score (nSPS) is 12.2. The molecular weight excluding hydrogens is 346 g/mol. The molecule has 0 fully saturated rings. The molecule has 0 aliphatic carbocycles. The van der Waals surface area contributed by atoms with Crippen LogP contribution in [0.4, 0.5) is 5.69 Å². The van der Waals surface area contributed by atoms with Gasteiger partial charge in [-0.3, -0.25) is 9.48 Å². The Morgan fingerprint density at radius 3 is 2.95 bits per heavy atom. The van der Waals surface area contributed by atoms with E-state index in [1.54, 1.807) is 23.1 Å². The molecule has 1 aromatic heterocycles. The second-order valence-electron chi connectivity index (χ2n) is 4.21. The maximum Gasteiger partial charge on any atom is 0.249 e. The van der Waals surface area contributed by atoms with Gasteiger partial charge in [0.25, 0.3) is 0 Å². The number of aromatic nitrogens is 2. The molecule has 0 aliphatic rings. The van der Waals surface area contributed by atoms with Gasteiger partial charge in [-0.25, -0.2) is 0 Å². The Bertz CT molecular complexity index is 630. The molecule has 0 saturated carbocycles. The summed E-state index contributed by atoms with van der Waals surface area (Å²) in [7, 11) is 0. The summed E-state index contributed by atoms with van der Waals surface area (Å²) in [4.78, 5) is 12.3. The fourth-order valence-corrected chi connectivity index (χ4v) is 2.28. The van der Waals surface area contributed by atoms with Crippen molar-refractivity contribution in [2.45, 2.75) is 19.4 Å². The van der Waals surface area contributed by atoms with Gasteiger partial charge in [-0.2, -0.15) is 5.10 Å². The third kappa shape index (κ3) is 3.32. The zero-order valence-electron chi connectivity index (χ0n) is 10.7. The first-order valence-corrected chi connectivity index (χ1v) is 7.17. The van der Waals surface area contributed by atoms with Crippen molar-refractivity contribution in [1.82, 2.24) is 9.78 Å². The van der Waals surface area contributed by atoms with Crippen molar-refractivity contribution in [1.29, 1.82) is 0 Å². The van der Waals surface area contributed by atoms with Crippen molar-refractivity contribution >= 4 is 39.1 Å². The Morgan fingerprint density at radius 2 is 2.35 bits per heavy atom. The number of phenolic OH excluding ortho intramolecular Hbond substituents is 1. The number of amides is 1. The van der Waals surface area contributed by atoms with Crippen LogP contribution < -0.4 is 5.32 Å². The number of carbonyl (C=O) groups is 1. The van der Waals surface area contributed by atoms with Crippen LogP contribution in [0.3, 0.4) is 0 Å². The van der Waals surface area contributed by atoms with Crippen LogP contribution in [0.1, 0.15) is 19.4 Å². The fourth-order valence-electron chi connectivity index (χ4n) is 1.80. The second kappa shape index (κ2) is 6.28. The van der Waals surface area contributed by atoms with E-state index in [0.717, 1.165) is 4.47 Å². The number of carbonyl (C=O) groups excluding carboxylic acids is 1. The highest BCUT2D eigenvalue weighted by atomic mass is 79.9. The van der Waals surface area contributed by atoms with Crippen LogP contribution in [0, 0.1) is 0 Å². The number of nitrogens with one attached hydrogen (secondary N) is 1. The van der Waals surface area contributed by atoms with Crippen molar-refractivity contribution in [2.75, 3.05) is 5.32 Å². The average Bonchev–Trinajstić information content (AvgIpc) is 2.81. The number of benzene rings is 1. The Balaban J connectivity index is 2.19. The van der Waals surface area contributed by atoms with E-state index in [0.29, 0.717) is 11.4 Å². The molecule has 1 aromatic carbocycles. The van der Waals surface area contributed by atoms with Gasteiger partial charge >= 0.3 is 0 Å². The summed E-state index contributed by atoms with van der Waals surface area (Å²) in [5.41, 5.74) is 0.284. The molecule has 0 saturated heterocycles. The van der Waals surface area contributed by atoms with E-state index in [-0.39, 0.29) is 17.3 Å². The van der Waals surface area contributed by atoms with E-state index in [9.17, 15) is 9.90 Å². The topological polar surface area (TPSA) is 67.2 Å². The number of halogens is 2. The van der Waals surface area contributed by atoms with E-state index >= 15 is 0 Å². The van der Waals surface area contributed by atoms with Crippen molar-refractivity contribution in [3.8, 4) is 5.75 Å². The van der Waals surface area contributed by atoms with E-state index < -0.39 is 6.04 Å². The summed E-state index contributed by atoms with van der Waals surface area (Å²) >= 11 is 9.14. The lowest BCUT2D eigenvalue weighted by Crippen LogP contribution is -2.25. The lowest BCUT2D eigenvalue weighted by atomic mass is 10.2. The predicted octanol–water partition coefficient (Wildman–Crippen LogP) is 3.59. The molecule has 2 N–H and O–H groups in total. The third-order valence-corrected chi connectivity index (χ3v) is 3.44. The van der Waals surface area contributed by atoms with Crippen molar-refractivity contribution < 1.29 is 9.90 Å². The molecule has 0 radical (unpaired) electrons. The standard InChI is InChI=1S/C13H13BrClN3O2/c1-2-11(18-7-8(14)6-16-18)13(20)17-10-5-9(15)3-4-12(10)19/h3-7,11,19H,2H2,1H3,(H,17,20). The molecule has 2 aromatic rings. The molecule has 20 heavy (non-hydrogen) atoms. The average molecular weight is 359 g/mol. The highest BCUT2D eigenvalue weighted by Crippen LogP contribution is 2.27. The molecule has 0 bridgehead atoms. The first kappa shape index (κ1) is 14.9. The number of hydrogen-bond donors (Lipinski definition) is 2. The monoisotopic (exact) mass is 357 g/mol. The second-order valence-corrected chi connectivity index (χ2v) is 5.57. The number of aromatic hydroxyl groups is 1. The summed E-state index contributed by atoms with van der Waals surface area (Å²) in [5, 5.41) is 16.9. The van der Waals surface area contributed by atoms with Gasteiger partial charge in [0, 0.05) is 11.2 Å². The number of anilines is 1. The van der Waals surface area contributed by atoms with Gasteiger partial charge in [-0.1, -0.05) is 18.5 Å². The van der Waals surface area contributed by atoms with Gasteiger partial charge in [-0.15, -0.1) is 0 Å². The van der Waals surface area contributed by atoms with Crippen molar-refractivity contribution in [3.63, 3.8) is 0 Å². The summed E-state index contributed by atoms with van der Waals surface area (Å²) in [6, 6.07) is 4.03. The molecule has 0 aliphatic heterocycles. The third-order valence-electron chi connectivity index (χ3n) is 2.80. The van der Waals surface area contributed by atoms with E-state index in [1.165, 1.54) is 12.1 Å². The number of rotatable bonds is 4.